The zero-order chi connectivity index (χ0) is 24.0. The molecule has 34 heavy (non-hydrogen) atoms. The second-order valence-electron chi connectivity index (χ2n) is 7.60. The first-order valence-corrected chi connectivity index (χ1v) is 11.2. The van der Waals surface area contributed by atoms with Gasteiger partial charge in [0.1, 0.15) is 0 Å². The van der Waals surface area contributed by atoms with Gasteiger partial charge in [-0.1, -0.05) is 60.3 Å². The number of carbonyl (C=O) groups is 1. The van der Waals surface area contributed by atoms with Gasteiger partial charge in [-0.25, -0.2) is 4.79 Å². The molecule has 166 valence electrons. The van der Waals surface area contributed by atoms with E-state index in [2.05, 4.69) is 55.1 Å². The number of hydrogen-bond acceptors (Lipinski definition) is 2. The van der Waals surface area contributed by atoms with E-state index in [1.54, 1.807) is 0 Å². The van der Waals surface area contributed by atoms with Gasteiger partial charge in [0.15, 0.2) is 0 Å². The Morgan fingerprint density at radius 1 is 0.794 bits per heavy atom. The molecule has 0 radical (unpaired) electrons. The van der Waals surface area contributed by atoms with Crippen molar-refractivity contribution in [1.82, 2.24) is 0 Å². The molecule has 0 atom stereocenters. The van der Waals surface area contributed by atoms with Crippen LogP contribution in [-0.2, 0) is 9.53 Å². The van der Waals surface area contributed by atoms with E-state index in [0.29, 0.717) is 6.61 Å². The fourth-order valence-electron chi connectivity index (χ4n) is 3.04. The first-order chi connectivity index (χ1) is 16.6. The number of aryl methyl sites for hydroxylation is 1. The highest BCUT2D eigenvalue weighted by Crippen LogP contribution is 2.11. The molecule has 3 aromatic carbocycles. The predicted octanol–water partition coefficient (Wildman–Crippen LogP) is 6.05. The average molecular weight is 443 g/mol. The standard InChI is InChI=1S/C32H26O2/c1-3-32(33)34-24-10-5-4-7-13-28-14-16-29(17-15-28)20-22-31-23-21-30(25-26(31)2)19-18-27-11-8-6-9-12-27/h3,6,8-9,11-12,14-17,21,23,25H,1,4-5,10,24H2,2H3. The van der Waals surface area contributed by atoms with Crippen molar-refractivity contribution in [1.29, 1.82) is 0 Å². The molecule has 0 unspecified atom stereocenters. The van der Waals surface area contributed by atoms with Crippen molar-refractivity contribution in [2.45, 2.75) is 26.2 Å². The van der Waals surface area contributed by atoms with Crippen molar-refractivity contribution >= 4 is 5.97 Å². The third-order valence-corrected chi connectivity index (χ3v) is 4.92. The van der Waals surface area contributed by atoms with Crippen LogP contribution >= 0.6 is 0 Å². The Morgan fingerprint density at radius 3 is 2.12 bits per heavy atom. The van der Waals surface area contributed by atoms with Crippen molar-refractivity contribution in [3.8, 4) is 35.5 Å². The van der Waals surface area contributed by atoms with Gasteiger partial charge < -0.3 is 4.74 Å². The highest BCUT2D eigenvalue weighted by Gasteiger charge is 1.97. The number of esters is 1. The van der Waals surface area contributed by atoms with Gasteiger partial charge in [-0.3, -0.25) is 0 Å². The minimum absolute atomic E-state index is 0.380. The number of ether oxygens (including phenoxy) is 1. The summed E-state index contributed by atoms with van der Waals surface area (Å²) in [6, 6.07) is 24.0. The fraction of sp³-hybridized carbons (Fsp3) is 0.156. The zero-order valence-corrected chi connectivity index (χ0v) is 19.4. The van der Waals surface area contributed by atoms with Crippen LogP contribution in [0.2, 0.25) is 0 Å². The molecule has 3 rings (SSSR count). The van der Waals surface area contributed by atoms with E-state index in [-0.39, 0.29) is 5.97 Å². The Kier molecular flexibility index (Phi) is 9.38. The van der Waals surface area contributed by atoms with Crippen LogP contribution in [-0.4, -0.2) is 12.6 Å². The molecule has 0 saturated carbocycles. The van der Waals surface area contributed by atoms with Gasteiger partial charge >= 0.3 is 5.97 Å². The summed E-state index contributed by atoms with van der Waals surface area (Å²) in [5.41, 5.74) is 5.99. The lowest BCUT2D eigenvalue weighted by atomic mass is 10.0. The quantitative estimate of drug-likeness (QED) is 0.208. The van der Waals surface area contributed by atoms with Crippen molar-refractivity contribution in [3.05, 3.63) is 119 Å². The summed E-state index contributed by atoms with van der Waals surface area (Å²) in [7, 11) is 0. The SMILES string of the molecule is C=CC(=O)OCCCCC#Cc1ccc(C#Cc2ccc(C#Cc3ccccc3)cc2C)cc1. The van der Waals surface area contributed by atoms with Crippen LogP contribution in [0.4, 0.5) is 0 Å². The van der Waals surface area contributed by atoms with Gasteiger partial charge in [0.2, 0.25) is 0 Å². The van der Waals surface area contributed by atoms with E-state index in [4.69, 9.17) is 4.74 Å². The van der Waals surface area contributed by atoms with Crippen molar-refractivity contribution in [2.24, 2.45) is 0 Å². The minimum Gasteiger partial charge on any atom is -0.463 e. The fourth-order valence-corrected chi connectivity index (χ4v) is 3.04. The maximum atomic E-state index is 11.0. The number of rotatable bonds is 5. The third-order valence-electron chi connectivity index (χ3n) is 4.92. The van der Waals surface area contributed by atoms with Crippen molar-refractivity contribution < 1.29 is 9.53 Å². The largest absolute Gasteiger partial charge is 0.463 e. The van der Waals surface area contributed by atoms with E-state index < -0.39 is 0 Å². The first-order valence-electron chi connectivity index (χ1n) is 11.2. The predicted molar refractivity (Wildman–Crippen MR) is 138 cm³/mol. The van der Waals surface area contributed by atoms with E-state index >= 15 is 0 Å². The van der Waals surface area contributed by atoms with Crippen LogP contribution < -0.4 is 0 Å². The summed E-state index contributed by atoms with van der Waals surface area (Å²) in [6.45, 7) is 5.83. The van der Waals surface area contributed by atoms with Gasteiger partial charge in [-0.2, -0.15) is 0 Å². The molecular formula is C32H26O2. The second kappa shape index (κ2) is 13.2. The van der Waals surface area contributed by atoms with Crippen LogP contribution in [0, 0.1) is 42.4 Å². The first kappa shape index (κ1) is 24.2. The molecule has 0 aliphatic carbocycles. The molecule has 0 spiro atoms. The van der Waals surface area contributed by atoms with Gasteiger partial charge in [0.25, 0.3) is 0 Å². The molecule has 0 saturated heterocycles. The summed E-state index contributed by atoms with van der Waals surface area (Å²) in [5, 5.41) is 0. The lowest BCUT2D eigenvalue weighted by molar-refractivity contribution is -0.137. The van der Waals surface area contributed by atoms with E-state index in [1.165, 1.54) is 6.08 Å². The Bertz CT molecular complexity index is 1310. The van der Waals surface area contributed by atoms with E-state index in [0.717, 1.165) is 52.6 Å². The smallest absolute Gasteiger partial charge is 0.330 e. The molecule has 0 bridgehead atoms. The van der Waals surface area contributed by atoms with Gasteiger partial charge in [0.05, 0.1) is 6.61 Å². The summed E-state index contributed by atoms with van der Waals surface area (Å²) < 4.78 is 4.94. The van der Waals surface area contributed by atoms with E-state index in [1.807, 2.05) is 66.7 Å². The second-order valence-corrected chi connectivity index (χ2v) is 7.60. The lowest BCUT2D eigenvalue weighted by Gasteiger charge is -1.99. The van der Waals surface area contributed by atoms with Crippen LogP contribution in [0.3, 0.4) is 0 Å². The van der Waals surface area contributed by atoms with Crippen molar-refractivity contribution in [2.75, 3.05) is 6.61 Å². The molecule has 2 nitrogen and oxygen atoms in total. The highest BCUT2D eigenvalue weighted by atomic mass is 16.5. The number of hydrogen-bond donors (Lipinski definition) is 0. The Morgan fingerprint density at radius 2 is 1.41 bits per heavy atom. The number of benzene rings is 3. The van der Waals surface area contributed by atoms with Crippen LogP contribution in [0.5, 0.6) is 0 Å². The summed E-state index contributed by atoms with van der Waals surface area (Å²) in [5.74, 6) is 18.8. The topological polar surface area (TPSA) is 26.3 Å². The van der Waals surface area contributed by atoms with Gasteiger partial charge in [0, 0.05) is 40.3 Å². The molecule has 0 heterocycles. The monoisotopic (exact) mass is 442 g/mol. The maximum Gasteiger partial charge on any atom is 0.330 e. The van der Waals surface area contributed by atoms with Gasteiger partial charge in [-0.15, -0.1) is 0 Å². The number of unbranched alkanes of at least 4 members (excludes halogenated alkanes) is 2. The molecule has 0 fully saturated rings. The molecule has 0 aliphatic rings. The normalized spacial score (nSPS) is 9.32. The van der Waals surface area contributed by atoms with E-state index in [9.17, 15) is 4.79 Å². The third kappa shape index (κ3) is 8.24. The van der Waals surface area contributed by atoms with Crippen molar-refractivity contribution in [3.63, 3.8) is 0 Å². The molecule has 0 amide bonds. The summed E-state index contributed by atoms with van der Waals surface area (Å²) in [6.07, 6.45) is 3.62. The zero-order valence-electron chi connectivity index (χ0n) is 19.4. The minimum atomic E-state index is -0.380. The maximum absolute atomic E-state index is 11.0. The molecule has 2 heteroatoms. The van der Waals surface area contributed by atoms with Crippen LogP contribution in [0.25, 0.3) is 0 Å². The number of carbonyl (C=O) groups excluding carboxylic acids is 1. The average Bonchev–Trinajstić information content (AvgIpc) is 2.87. The Labute approximate surface area is 202 Å². The Hall–Kier alpha value is -4.45. The van der Waals surface area contributed by atoms with Crippen LogP contribution in [0.1, 0.15) is 52.6 Å². The molecule has 0 N–H and O–H groups in total. The summed E-state index contributed by atoms with van der Waals surface area (Å²) >= 11 is 0. The van der Waals surface area contributed by atoms with Crippen LogP contribution in [0.15, 0.2) is 85.5 Å². The lowest BCUT2D eigenvalue weighted by Crippen LogP contribution is -2.01. The highest BCUT2D eigenvalue weighted by molar-refractivity contribution is 5.81. The molecule has 0 aliphatic heterocycles. The summed E-state index contributed by atoms with van der Waals surface area (Å²) in [4.78, 5) is 11.0. The molecule has 0 aromatic heterocycles. The van der Waals surface area contributed by atoms with Gasteiger partial charge in [-0.05, 0) is 79.9 Å². The molecule has 3 aromatic rings. The Balaban J connectivity index is 1.53. The molecular weight excluding hydrogens is 416 g/mol.